The van der Waals surface area contributed by atoms with Gasteiger partial charge in [0.05, 0.1) is 0 Å². The minimum absolute atomic E-state index is 0. The van der Waals surface area contributed by atoms with Crippen LogP contribution in [0, 0.1) is 32.9 Å². The van der Waals surface area contributed by atoms with Gasteiger partial charge in [-0.05, 0) is 71.6 Å². The van der Waals surface area contributed by atoms with Crippen molar-refractivity contribution in [2.75, 3.05) is 0 Å². The molecule has 4 aromatic heterocycles. The molecule has 0 aliphatic carbocycles. The molecular formula is C47H38IrN2O2-2. The van der Waals surface area contributed by atoms with Crippen molar-refractivity contribution in [1.29, 1.82) is 0 Å². The van der Waals surface area contributed by atoms with E-state index in [0.717, 1.165) is 77.5 Å². The molecule has 0 unspecified atom stereocenters. The van der Waals surface area contributed by atoms with Gasteiger partial charge in [-0.25, -0.2) is 0 Å². The average molecular weight is 855 g/mol. The van der Waals surface area contributed by atoms with Crippen LogP contribution in [-0.4, -0.2) is 9.97 Å². The van der Waals surface area contributed by atoms with Crippen LogP contribution in [0.1, 0.15) is 43.0 Å². The van der Waals surface area contributed by atoms with Crippen molar-refractivity contribution in [2.45, 2.75) is 47.0 Å². The van der Waals surface area contributed by atoms with Gasteiger partial charge in [0.1, 0.15) is 11.2 Å². The van der Waals surface area contributed by atoms with Gasteiger partial charge in [-0.15, -0.1) is 70.8 Å². The molecule has 4 heterocycles. The molecule has 0 N–H and O–H groups in total. The number of rotatable bonds is 3. The molecule has 0 bridgehead atoms. The van der Waals surface area contributed by atoms with Crippen LogP contribution in [0.25, 0.3) is 77.5 Å². The van der Waals surface area contributed by atoms with Crippen molar-refractivity contribution < 1.29 is 28.9 Å². The summed E-state index contributed by atoms with van der Waals surface area (Å²) in [5.41, 5.74) is 14.4. The van der Waals surface area contributed by atoms with Crippen molar-refractivity contribution in [1.82, 2.24) is 9.97 Å². The second kappa shape index (κ2) is 14.0. The maximum Gasteiger partial charge on any atom is 0.179 e. The van der Waals surface area contributed by atoms with Gasteiger partial charge in [0.15, 0.2) is 11.2 Å². The molecule has 9 aromatic rings. The van der Waals surface area contributed by atoms with Gasteiger partial charge in [0, 0.05) is 54.0 Å². The van der Waals surface area contributed by atoms with E-state index < -0.39 is 0 Å². The summed E-state index contributed by atoms with van der Waals surface area (Å²) in [6.07, 6.45) is 3.80. The van der Waals surface area contributed by atoms with Crippen LogP contribution in [0.5, 0.6) is 0 Å². The minimum atomic E-state index is 0. The predicted molar refractivity (Wildman–Crippen MR) is 210 cm³/mol. The Balaban J connectivity index is 0.000000222. The van der Waals surface area contributed by atoms with E-state index in [-0.39, 0.29) is 25.5 Å². The van der Waals surface area contributed by atoms with Crippen LogP contribution in [0.2, 0.25) is 0 Å². The molecule has 0 amide bonds. The number of hydrogen-bond donors (Lipinski definition) is 0. The van der Waals surface area contributed by atoms with Crippen LogP contribution in [0.4, 0.5) is 0 Å². The van der Waals surface area contributed by atoms with Crippen LogP contribution in [-0.2, 0) is 25.5 Å². The van der Waals surface area contributed by atoms with Crippen molar-refractivity contribution in [3.05, 3.63) is 156 Å². The normalized spacial score (nSPS) is 11.5. The summed E-state index contributed by atoms with van der Waals surface area (Å²) >= 11 is 0. The third-order valence-electron chi connectivity index (χ3n) is 9.62. The number of aromatic nitrogens is 2. The zero-order chi connectivity index (χ0) is 35.3. The first-order chi connectivity index (χ1) is 24.6. The molecule has 9 rings (SSSR count). The zero-order valence-electron chi connectivity index (χ0n) is 30.1. The number of furan rings is 2. The first-order valence-electron chi connectivity index (χ1n) is 17.3. The Kier molecular flexibility index (Phi) is 9.44. The molecule has 1 radical (unpaired) electrons. The number of aryl methyl sites for hydroxylation is 3. The largest absolute Gasteiger partial charge is 0.452 e. The van der Waals surface area contributed by atoms with E-state index in [4.69, 9.17) is 13.8 Å². The Morgan fingerprint density at radius 2 is 1.33 bits per heavy atom. The maximum atomic E-state index is 6.41. The summed E-state index contributed by atoms with van der Waals surface area (Å²) in [5.74, 6) is 0. The van der Waals surface area contributed by atoms with Crippen LogP contribution in [0.15, 0.2) is 130 Å². The molecule has 0 aliphatic heterocycles. The molecule has 5 aromatic carbocycles. The fourth-order valence-corrected chi connectivity index (χ4v) is 6.55. The summed E-state index contributed by atoms with van der Waals surface area (Å²) in [4.78, 5) is 9.13. The van der Waals surface area contributed by atoms with Crippen molar-refractivity contribution >= 4 is 43.9 Å². The van der Waals surface area contributed by atoms with E-state index in [0.29, 0.717) is 0 Å². The second-order valence-electron chi connectivity index (χ2n) is 14.3. The molecule has 4 nitrogen and oxygen atoms in total. The molecule has 0 saturated heterocycles. The number of para-hydroxylation sites is 2. The fourth-order valence-electron chi connectivity index (χ4n) is 6.55. The standard InChI is InChI=1S/C33H24NO2.C14H14N.Ir/c1-33(2,3)22-10-8-9-21(17-22)27-18-20(15-16-34-27)25-19-26-23-11-4-6-13-28(23)35-31(26)32-30(25)24-12-5-7-14-29(24)36-32;1-10-4-6-13(7-5-10)14-8-11(2)12(3)9-15-14;/h4-8,10-19H,1-3H3;4-6,8-9H,1-3H3;/q2*-1;. The zero-order valence-corrected chi connectivity index (χ0v) is 32.5. The first kappa shape index (κ1) is 35.1. The molecule has 5 heteroatoms. The number of benzene rings is 5. The van der Waals surface area contributed by atoms with Crippen molar-refractivity contribution in [3.63, 3.8) is 0 Å². The van der Waals surface area contributed by atoms with E-state index in [1.54, 1.807) is 0 Å². The van der Waals surface area contributed by atoms with E-state index in [1.165, 1.54) is 22.3 Å². The van der Waals surface area contributed by atoms with E-state index >= 15 is 0 Å². The Morgan fingerprint density at radius 1 is 0.615 bits per heavy atom. The summed E-state index contributed by atoms with van der Waals surface area (Å²) in [6.45, 7) is 12.9. The molecular weight excluding hydrogens is 817 g/mol. The van der Waals surface area contributed by atoms with E-state index in [1.807, 2.05) is 54.9 Å². The molecule has 0 aliphatic rings. The van der Waals surface area contributed by atoms with E-state index in [9.17, 15) is 0 Å². The van der Waals surface area contributed by atoms with Crippen LogP contribution < -0.4 is 0 Å². The average Bonchev–Trinajstić information content (AvgIpc) is 3.72. The molecule has 52 heavy (non-hydrogen) atoms. The van der Waals surface area contributed by atoms with Crippen LogP contribution in [0.3, 0.4) is 0 Å². The maximum absolute atomic E-state index is 6.41. The Bertz CT molecular complexity index is 2710. The molecule has 0 atom stereocenters. The Hall–Kier alpha value is -5.35. The minimum Gasteiger partial charge on any atom is -0.452 e. The quantitative estimate of drug-likeness (QED) is 0.166. The summed E-state index contributed by atoms with van der Waals surface area (Å²) in [7, 11) is 0. The van der Waals surface area contributed by atoms with Gasteiger partial charge in [-0.1, -0.05) is 81.8 Å². The number of nitrogens with zero attached hydrogens (tertiary/aromatic N) is 2. The third kappa shape index (κ3) is 6.59. The Morgan fingerprint density at radius 3 is 2.06 bits per heavy atom. The molecule has 0 saturated carbocycles. The van der Waals surface area contributed by atoms with Crippen LogP contribution >= 0.6 is 0 Å². The predicted octanol–water partition coefficient (Wildman–Crippen LogP) is 12.8. The van der Waals surface area contributed by atoms with E-state index in [2.05, 4.69) is 125 Å². The summed E-state index contributed by atoms with van der Waals surface area (Å²) in [6, 6.07) is 44.0. The third-order valence-corrected chi connectivity index (χ3v) is 9.62. The van der Waals surface area contributed by atoms with Gasteiger partial charge in [-0.2, -0.15) is 0 Å². The second-order valence-corrected chi connectivity index (χ2v) is 14.3. The van der Waals surface area contributed by atoms with Gasteiger partial charge >= 0.3 is 0 Å². The molecule has 259 valence electrons. The van der Waals surface area contributed by atoms with Gasteiger partial charge < -0.3 is 18.8 Å². The fraction of sp³-hybridized carbons (Fsp3) is 0.149. The van der Waals surface area contributed by atoms with Gasteiger partial charge in [0.2, 0.25) is 0 Å². The molecule has 0 fully saturated rings. The van der Waals surface area contributed by atoms with Crippen molar-refractivity contribution in [2.24, 2.45) is 0 Å². The number of fused-ring (bicyclic) bond motifs is 7. The molecule has 0 spiro atoms. The van der Waals surface area contributed by atoms with Gasteiger partial charge in [0.25, 0.3) is 0 Å². The monoisotopic (exact) mass is 855 g/mol. The first-order valence-corrected chi connectivity index (χ1v) is 17.3. The van der Waals surface area contributed by atoms with Gasteiger partial charge in [-0.3, -0.25) is 0 Å². The SMILES string of the molecule is CC(C)(C)c1cc[c-]c(-c2cc(-c3cc4c5ccccc5oc4c4oc5ccccc5c34)ccn2)c1.Cc1c[c-]c(-c2cc(C)c(C)cn2)cc1.[Ir]. The van der Waals surface area contributed by atoms with Crippen molar-refractivity contribution in [3.8, 4) is 33.6 Å². The number of hydrogen-bond acceptors (Lipinski definition) is 4. The topological polar surface area (TPSA) is 52.1 Å². The summed E-state index contributed by atoms with van der Waals surface area (Å²) in [5, 5.41) is 4.26. The Labute approximate surface area is 317 Å². The summed E-state index contributed by atoms with van der Waals surface area (Å²) < 4.78 is 12.7. The smallest absolute Gasteiger partial charge is 0.179 e. The number of pyridine rings is 2.